The van der Waals surface area contributed by atoms with Crippen LogP contribution in [0.25, 0.3) is 0 Å². The maximum atomic E-state index is 12.7. The van der Waals surface area contributed by atoms with Gasteiger partial charge in [0.2, 0.25) is 0 Å². The lowest BCUT2D eigenvalue weighted by molar-refractivity contribution is -0.161. The number of hydrogen-bond acceptors (Lipinski definition) is 8. The van der Waals surface area contributed by atoms with Crippen molar-refractivity contribution in [1.82, 2.24) is 0 Å². The van der Waals surface area contributed by atoms with E-state index >= 15 is 0 Å². The highest BCUT2D eigenvalue weighted by atomic mass is 31.2. The zero-order valence-corrected chi connectivity index (χ0v) is 42.4. The van der Waals surface area contributed by atoms with E-state index in [0.29, 0.717) is 12.8 Å². The predicted molar refractivity (Wildman–Crippen MR) is 270 cm³/mol. The summed E-state index contributed by atoms with van der Waals surface area (Å²) in [5, 5.41) is 0. The van der Waals surface area contributed by atoms with E-state index in [4.69, 9.17) is 24.3 Å². The summed E-state index contributed by atoms with van der Waals surface area (Å²) >= 11 is 0. The van der Waals surface area contributed by atoms with Gasteiger partial charge in [0.1, 0.15) is 6.61 Å². The second-order valence-corrected chi connectivity index (χ2v) is 19.2. The molecule has 0 radical (unpaired) electrons. The van der Waals surface area contributed by atoms with Gasteiger partial charge in [0, 0.05) is 19.4 Å². The minimum atomic E-state index is -4.40. The number of nitrogens with two attached hydrogens (primary N) is 1. The van der Waals surface area contributed by atoms with Crippen LogP contribution in [0.1, 0.15) is 251 Å². The molecule has 1 unspecified atom stereocenters. The van der Waals surface area contributed by atoms with Crippen molar-refractivity contribution in [3.8, 4) is 0 Å². The SMILES string of the molecule is CCCCCCCCC/C=C/C/C=C/C/C=C/C/C=C/CCCC(=O)OC[C@H](COP(=O)(O)OCCN)OC(=O)CCCCCCCCCCCCCCCCCCCCCCCC. The smallest absolute Gasteiger partial charge is 0.462 e. The summed E-state index contributed by atoms with van der Waals surface area (Å²) in [7, 11) is -4.40. The molecule has 9 nitrogen and oxygen atoms in total. The van der Waals surface area contributed by atoms with Crippen molar-refractivity contribution in [2.75, 3.05) is 26.4 Å². The Bertz CT molecular complexity index is 1190. The normalized spacial score (nSPS) is 13.5. The van der Waals surface area contributed by atoms with Crippen LogP contribution in [0, 0.1) is 0 Å². The minimum absolute atomic E-state index is 0.0463. The van der Waals surface area contributed by atoms with Crippen LogP contribution >= 0.6 is 7.82 Å². The first-order chi connectivity index (χ1) is 31.3. The summed E-state index contributed by atoms with van der Waals surface area (Å²) in [6, 6.07) is 0. The fraction of sp³-hybridized carbons (Fsp3) is 0.815. The lowest BCUT2D eigenvalue weighted by Crippen LogP contribution is -2.29. The van der Waals surface area contributed by atoms with Crippen molar-refractivity contribution in [3.05, 3.63) is 48.6 Å². The molecule has 10 heteroatoms. The van der Waals surface area contributed by atoms with Gasteiger partial charge in [-0.15, -0.1) is 0 Å². The van der Waals surface area contributed by atoms with Gasteiger partial charge in [-0.2, -0.15) is 0 Å². The van der Waals surface area contributed by atoms with Gasteiger partial charge < -0.3 is 20.1 Å². The summed E-state index contributed by atoms with van der Waals surface area (Å²) in [5.74, 6) is -0.884. The van der Waals surface area contributed by atoms with Crippen molar-refractivity contribution >= 4 is 19.8 Å². The molecular formula is C54H100NO8P. The maximum absolute atomic E-state index is 12.7. The van der Waals surface area contributed by atoms with E-state index in [1.54, 1.807) is 0 Å². The van der Waals surface area contributed by atoms with Crippen LogP contribution in [0.3, 0.4) is 0 Å². The van der Waals surface area contributed by atoms with E-state index in [9.17, 15) is 19.0 Å². The Balaban J connectivity index is 4.10. The Morgan fingerprint density at radius 1 is 0.469 bits per heavy atom. The summed E-state index contributed by atoms with van der Waals surface area (Å²) in [6.07, 6.45) is 60.2. The molecule has 2 atom stereocenters. The number of hydrogen-bond donors (Lipinski definition) is 2. The lowest BCUT2D eigenvalue weighted by atomic mass is 10.0. The monoisotopic (exact) mass is 922 g/mol. The average molecular weight is 922 g/mol. The molecule has 0 aliphatic heterocycles. The molecule has 0 aromatic heterocycles. The summed E-state index contributed by atoms with van der Waals surface area (Å²) in [4.78, 5) is 35.1. The highest BCUT2D eigenvalue weighted by molar-refractivity contribution is 7.47. The van der Waals surface area contributed by atoms with Crippen LogP contribution in [-0.4, -0.2) is 49.3 Å². The van der Waals surface area contributed by atoms with Crippen LogP contribution in [-0.2, 0) is 32.7 Å². The molecular weight excluding hydrogens is 822 g/mol. The van der Waals surface area contributed by atoms with Gasteiger partial charge in [-0.1, -0.05) is 236 Å². The van der Waals surface area contributed by atoms with Gasteiger partial charge in [0.25, 0.3) is 0 Å². The number of ether oxygens (including phenoxy) is 2. The first kappa shape index (κ1) is 62.0. The fourth-order valence-electron chi connectivity index (χ4n) is 7.51. The third-order valence-electron chi connectivity index (χ3n) is 11.5. The maximum Gasteiger partial charge on any atom is 0.472 e. The number of carbonyl (C=O) groups is 2. The van der Waals surface area contributed by atoms with Crippen molar-refractivity contribution < 1.29 is 37.6 Å². The Morgan fingerprint density at radius 3 is 1.25 bits per heavy atom. The van der Waals surface area contributed by atoms with Gasteiger partial charge in [-0.25, -0.2) is 4.57 Å². The Labute approximate surface area is 394 Å². The molecule has 0 amide bonds. The predicted octanol–water partition coefficient (Wildman–Crippen LogP) is 16.2. The molecule has 0 fully saturated rings. The van der Waals surface area contributed by atoms with E-state index in [2.05, 4.69) is 62.5 Å². The minimum Gasteiger partial charge on any atom is -0.462 e. The molecule has 0 aromatic carbocycles. The number of rotatable bonds is 50. The first-order valence-electron chi connectivity index (χ1n) is 26.6. The van der Waals surface area contributed by atoms with E-state index < -0.39 is 32.5 Å². The van der Waals surface area contributed by atoms with E-state index in [0.717, 1.165) is 44.9 Å². The van der Waals surface area contributed by atoms with Gasteiger partial charge >= 0.3 is 19.8 Å². The van der Waals surface area contributed by atoms with Crippen LogP contribution in [0.4, 0.5) is 0 Å². The highest BCUT2D eigenvalue weighted by Gasteiger charge is 2.26. The molecule has 0 aromatic rings. The van der Waals surface area contributed by atoms with Crippen molar-refractivity contribution in [2.24, 2.45) is 5.73 Å². The van der Waals surface area contributed by atoms with Crippen molar-refractivity contribution in [1.29, 1.82) is 0 Å². The van der Waals surface area contributed by atoms with Crippen molar-refractivity contribution in [3.63, 3.8) is 0 Å². The van der Waals surface area contributed by atoms with Crippen molar-refractivity contribution in [2.45, 2.75) is 258 Å². The highest BCUT2D eigenvalue weighted by Crippen LogP contribution is 2.43. The standard InChI is InChI=1S/C54H100NO8P/c1-3-5-7-9-11-13-15-17-19-21-23-25-27-29-31-33-35-37-39-41-43-45-47-54(57)63-52(51-62-64(58,59)61-49-48-55)50-60-53(56)46-44-42-40-38-36-34-32-30-28-26-24-22-20-18-16-14-12-10-8-6-4-2/h20,22,26,28,32,34,38,40,52H,3-19,21,23-25,27,29-31,33,35-37,39,41-51,55H2,1-2H3,(H,58,59)/b22-20+,28-26+,34-32+,40-38+/t52-/m1/s1. The Kier molecular flexibility index (Phi) is 48.8. The average Bonchev–Trinajstić information content (AvgIpc) is 3.28. The topological polar surface area (TPSA) is 134 Å². The number of unbranched alkanes of at least 4 members (excludes halogenated alkanes) is 29. The molecule has 0 aliphatic rings. The molecule has 0 bridgehead atoms. The zero-order valence-electron chi connectivity index (χ0n) is 41.5. The van der Waals surface area contributed by atoms with Gasteiger partial charge in [0.15, 0.2) is 6.10 Å². The number of phosphoric acid groups is 1. The zero-order chi connectivity index (χ0) is 46.7. The van der Waals surface area contributed by atoms with Crippen LogP contribution in [0.2, 0.25) is 0 Å². The number of allylic oxidation sites excluding steroid dienone is 8. The van der Waals surface area contributed by atoms with Gasteiger partial charge in [-0.05, 0) is 51.4 Å². The number of phosphoric ester groups is 1. The molecule has 374 valence electrons. The number of carbonyl (C=O) groups excluding carboxylic acids is 2. The quantitative estimate of drug-likeness (QED) is 0.0265. The molecule has 0 rings (SSSR count). The first-order valence-corrected chi connectivity index (χ1v) is 28.1. The number of esters is 2. The third-order valence-corrected chi connectivity index (χ3v) is 12.5. The molecule has 0 saturated heterocycles. The van der Waals surface area contributed by atoms with E-state index in [1.807, 2.05) is 0 Å². The lowest BCUT2D eigenvalue weighted by Gasteiger charge is -2.19. The summed E-state index contributed by atoms with van der Waals surface area (Å²) in [6.45, 7) is 3.71. The van der Waals surface area contributed by atoms with Gasteiger partial charge in [-0.3, -0.25) is 18.6 Å². The molecule has 3 N–H and O–H groups in total. The second-order valence-electron chi connectivity index (χ2n) is 17.8. The van der Waals surface area contributed by atoms with Crippen LogP contribution in [0.15, 0.2) is 48.6 Å². The molecule has 0 saturated carbocycles. The largest absolute Gasteiger partial charge is 0.472 e. The second kappa shape index (κ2) is 50.4. The third kappa shape index (κ3) is 49.4. The fourth-order valence-corrected chi connectivity index (χ4v) is 8.28. The molecule has 0 heterocycles. The van der Waals surface area contributed by atoms with Crippen LogP contribution in [0.5, 0.6) is 0 Å². The summed E-state index contributed by atoms with van der Waals surface area (Å²) < 4.78 is 32.9. The molecule has 64 heavy (non-hydrogen) atoms. The van der Waals surface area contributed by atoms with Crippen LogP contribution < -0.4 is 5.73 Å². The Morgan fingerprint density at radius 2 is 0.828 bits per heavy atom. The summed E-state index contributed by atoms with van der Waals surface area (Å²) in [5.41, 5.74) is 5.37. The van der Waals surface area contributed by atoms with E-state index in [-0.39, 0.29) is 32.6 Å². The molecule has 0 aliphatic carbocycles. The van der Waals surface area contributed by atoms with Gasteiger partial charge in [0.05, 0.1) is 13.2 Å². The van der Waals surface area contributed by atoms with E-state index in [1.165, 1.54) is 167 Å². The molecule has 0 spiro atoms. The Hall–Kier alpha value is -2.03.